The molecule has 2 aliphatic rings. The molecule has 1 aliphatic heterocycles. The van der Waals surface area contributed by atoms with Gasteiger partial charge in [-0.1, -0.05) is 38.0 Å². The van der Waals surface area contributed by atoms with Crippen LogP contribution in [0.4, 0.5) is 0 Å². The van der Waals surface area contributed by atoms with Gasteiger partial charge in [-0.25, -0.2) is 4.99 Å². The largest absolute Gasteiger partial charge is 0.379 e. The topological polar surface area (TPSA) is 100 Å². The van der Waals surface area contributed by atoms with Gasteiger partial charge in [-0.2, -0.15) is 0 Å². The quantitative estimate of drug-likeness (QED) is 0.415. The smallest absolute Gasteiger partial charge is 0.252 e. The van der Waals surface area contributed by atoms with Crippen molar-refractivity contribution in [3.63, 3.8) is 0 Å². The SMILES string of the molecule is C=C(N=C(C)N(C)CCC(C)N1CCOCC1)c1ccc(C(=O)NC2(C(N)=O)CCCCC2)cc1. The summed E-state index contributed by atoms with van der Waals surface area (Å²) in [5.74, 6) is 0.159. The van der Waals surface area contributed by atoms with Gasteiger partial charge in [0.25, 0.3) is 5.91 Å². The van der Waals surface area contributed by atoms with Crippen LogP contribution in [0, 0.1) is 0 Å². The number of ether oxygens (including phenoxy) is 1. The summed E-state index contributed by atoms with van der Waals surface area (Å²) in [5.41, 5.74) is 6.68. The van der Waals surface area contributed by atoms with Crippen molar-refractivity contribution in [1.29, 1.82) is 0 Å². The van der Waals surface area contributed by atoms with Crippen LogP contribution in [0.25, 0.3) is 5.70 Å². The molecule has 0 spiro atoms. The Bertz CT molecular complexity index is 915. The number of hydrogen-bond donors (Lipinski definition) is 2. The number of amidine groups is 1. The molecule has 1 aromatic rings. The number of aliphatic imine (C=N–C) groups is 1. The van der Waals surface area contributed by atoms with Crippen molar-refractivity contribution in [2.75, 3.05) is 39.9 Å². The van der Waals surface area contributed by atoms with E-state index in [0.717, 1.165) is 69.9 Å². The van der Waals surface area contributed by atoms with Crippen LogP contribution in [-0.4, -0.2) is 78.9 Å². The average molecular weight is 484 g/mol. The van der Waals surface area contributed by atoms with Crippen LogP contribution in [0.15, 0.2) is 35.8 Å². The molecule has 192 valence electrons. The van der Waals surface area contributed by atoms with Gasteiger partial charge in [0.05, 0.1) is 18.9 Å². The summed E-state index contributed by atoms with van der Waals surface area (Å²) in [6, 6.07) is 7.66. The molecular formula is C27H41N5O3. The van der Waals surface area contributed by atoms with E-state index in [-0.39, 0.29) is 5.91 Å². The molecule has 8 nitrogen and oxygen atoms in total. The Kier molecular flexibility index (Phi) is 9.46. The zero-order chi connectivity index (χ0) is 25.4. The Morgan fingerprint density at radius 2 is 1.77 bits per heavy atom. The predicted octanol–water partition coefficient (Wildman–Crippen LogP) is 3.04. The molecule has 0 radical (unpaired) electrons. The van der Waals surface area contributed by atoms with Crippen LogP contribution in [0.3, 0.4) is 0 Å². The molecule has 35 heavy (non-hydrogen) atoms. The molecule has 0 aromatic heterocycles. The molecule has 3 rings (SSSR count). The third-order valence-corrected chi connectivity index (χ3v) is 7.41. The molecular weight excluding hydrogens is 442 g/mol. The number of amides is 2. The van der Waals surface area contributed by atoms with E-state index in [0.29, 0.717) is 30.1 Å². The van der Waals surface area contributed by atoms with Crippen LogP contribution in [0.5, 0.6) is 0 Å². The van der Waals surface area contributed by atoms with Gasteiger partial charge < -0.3 is 20.7 Å². The van der Waals surface area contributed by atoms with Crippen LogP contribution in [0.1, 0.15) is 68.3 Å². The van der Waals surface area contributed by atoms with Gasteiger partial charge in [0.1, 0.15) is 11.4 Å². The molecule has 1 atom stereocenters. The molecule has 1 aromatic carbocycles. The van der Waals surface area contributed by atoms with Gasteiger partial charge in [0.15, 0.2) is 0 Å². The van der Waals surface area contributed by atoms with Crippen molar-refractivity contribution in [3.05, 3.63) is 42.0 Å². The van der Waals surface area contributed by atoms with E-state index in [2.05, 4.69) is 28.6 Å². The zero-order valence-corrected chi connectivity index (χ0v) is 21.5. The lowest BCUT2D eigenvalue weighted by atomic mass is 9.81. The highest BCUT2D eigenvalue weighted by Crippen LogP contribution is 2.28. The summed E-state index contributed by atoms with van der Waals surface area (Å²) in [5, 5.41) is 2.91. The predicted molar refractivity (Wildman–Crippen MR) is 140 cm³/mol. The first-order chi connectivity index (χ1) is 16.7. The Morgan fingerprint density at radius 1 is 1.17 bits per heavy atom. The normalized spacial score (nSPS) is 19.6. The fourth-order valence-electron chi connectivity index (χ4n) is 4.78. The van der Waals surface area contributed by atoms with Gasteiger partial charge in [-0.05, 0) is 50.8 Å². The second-order valence-electron chi connectivity index (χ2n) is 9.85. The van der Waals surface area contributed by atoms with Crippen molar-refractivity contribution >= 4 is 23.3 Å². The summed E-state index contributed by atoms with van der Waals surface area (Å²) in [4.78, 5) is 34.2. The maximum atomic E-state index is 12.8. The number of carbonyl (C=O) groups is 2. The fraction of sp³-hybridized carbons (Fsp3) is 0.593. The summed E-state index contributed by atoms with van der Waals surface area (Å²) in [6.07, 6.45) is 5.07. The van der Waals surface area contributed by atoms with Gasteiger partial charge in [-0.15, -0.1) is 0 Å². The third kappa shape index (κ3) is 7.15. The first-order valence-electron chi connectivity index (χ1n) is 12.7. The highest BCUT2D eigenvalue weighted by molar-refractivity contribution is 5.99. The molecule has 8 heteroatoms. The molecule has 1 unspecified atom stereocenters. The first-order valence-corrected chi connectivity index (χ1v) is 12.7. The van der Waals surface area contributed by atoms with E-state index in [4.69, 9.17) is 15.5 Å². The van der Waals surface area contributed by atoms with Gasteiger partial charge in [0.2, 0.25) is 5.91 Å². The van der Waals surface area contributed by atoms with Crippen molar-refractivity contribution in [1.82, 2.24) is 15.1 Å². The standard InChI is InChI=1S/C27H41N5O3/c1-20(32-16-18-35-19-17-32)12-15-31(4)22(3)29-21(2)23-8-10-24(11-9-23)25(33)30-27(26(28)34)13-6-5-7-14-27/h8-11,20H,2,5-7,12-19H2,1,3-4H3,(H2,28,34)(H,30,33). The fourth-order valence-corrected chi connectivity index (χ4v) is 4.78. The number of hydrogen-bond acceptors (Lipinski definition) is 5. The maximum Gasteiger partial charge on any atom is 0.252 e. The number of rotatable bonds is 9. The molecule has 1 saturated heterocycles. The van der Waals surface area contributed by atoms with Crippen LogP contribution in [0.2, 0.25) is 0 Å². The molecule has 1 aliphatic carbocycles. The van der Waals surface area contributed by atoms with E-state index in [9.17, 15) is 9.59 Å². The summed E-state index contributed by atoms with van der Waals surface area (Å²) in [6.45, 7) is 12.9. The lowest BCUT2D eigenvalue weighted by Gasteiger charge is -2.35. The van der Waals surface area contributed by atoms with Gasteiger partial charge in [-0.3, -0.25) is 14.5 Å². The Hall–Kier alpha value is -2.71. The Balaban J connectivity index is 1.55. The average Bonchev–Trinajstić information content (AvgIpc) is 2.88. The number of morpholine rings is 1. The van der Waals surface area contributed by atoms with Crippen LogP contribution < -0.4 is 11.1 Å². The number of nitrogens with two attached hydrogens (primary N) is 1. The second kappa shape index (κ2) is 12.3. The number of carbonyl (C=O) groups excluding carboxylic acids is 2. The zero-order valence-electron chi connectivity index (χ0n) is 21.5. The monoisotopic (exact) mass is 483 g/mol. The number of nitrogens with one attached hydrogen (secondary N) is 1. The minimum atomic E-state index is -0.942. The molecule has 2 fully saturated rings. The molecule has 2 amide bonds. The van der Waals surface area contributed by atoms with E-state index in [1.54, 1.807) is 12.1 Å². The molecule has 3 N–H and O–H groups in total. The number of benzene rings is 1. The maximum absolute atomic E-state index is 12.8. The minimum Gasteiger partial charge on any atom is -0.379 e. The Morgan fingerprint density at radius 3 is 2.37 bits per heavy atom. The lowest BCUT2D eigenvalue weighted by molar-refractivity contribution is -0.125. The molecule has 1 saturated carbocycles. The van der Waals surface area contributed by atoms with Crippen LogP contribution >= 0.6 is 0 Å². The van der Waals surface area contributed by atoms with Gasteiger partial charge in [0, 0.05) is 38.3 Å². The van der Waals surface area contributed by atoms with E-state index >= 15 is 0 Å². The second-order valence-corrected chi connectivity index (χ2v) is 9.85. The van der Waals surface area contributed by atoms with E-state index < -0.39 is 11.4 Å². The molecule has 0 bridgehead atoms. The Labute approximate surface area is 209 Å². The first kappa shape index (κ1) is 26.9. The lowest BCUT2D eigenvalue weighted by Crippen LogP contribution is -2.58. The van der Waals surface area contributed by atoms with Gasteiger partial charge >= 0.3 is 0 Å². The molecule has 1 heterocycles. The van der Waals surface area contributed by atoms with E-state index in [1.165, 1.54) is 0 Å². The minimum absolute atomic E-state index is 0.281. The number of primary amides is 1. The van der Waals surface area contributed by atoms with Crippen molar-refractivity contribution in [2.24, 2.45) is 10.7 Å². The van der Waals surface area contributed by atoms with Crippen molar-refractivity contribution < 1.29 is 14.3 Å². The highest BCUT2D eigenvalue weighted by Gasteiger charge is 2.39. The third-order valence-electron chi connectivity index (χ3n) is 7.41. The summed E-state index contributed by atoms with van der Waals surface area (Å²) < 4.78 is 5.45. The summed E-state index contributed by atoms with van der Waals surface area (Å²) in [7, 11) is 2.05. The van der Waals surface area contributed by atoms with Crippen molar-refractivity contribution in [2.45, 2.75) is 64.0 Å². The highest BCUT2D eigenvalue weighted by atomic mass is 16.5. The summed E-state index contributed by atoms with van der Waals surface area (Å²) >= 11 is 0. The van der Waals surface area contributed by atoms with Crippen LogP contribution in [-0.2, 0) is 9.53 Å². The van der Waals surface area contributed by atoms with Crippen molar-refractivity contribution in [3.8, 4) is 0 Å². The van der Waals surface area contributed by atoms with E-state index in [1.807, 2.05) is 26.1 Å². The number of nitrogens with zero attached hydrogens (tertiary/aromatic N) is 3.